The van der Waals surface area contributed by atoms with Crippen LogP contribution in [0.4, 0.5) is 0 Å². The average molecular weight is 286 g/mol. The fourth-order valence-electron chi connectivity index (χ4n) is 1.75. The third-order valence-corrected chi connectivity index (χ3v) is 2.95. The van der Waals surface area contributed by atoms with Crippen LogP contribution in [0.25, 0.3) is 0 Å². The Kier molecular flexibility index (Phi) is 4.85. The molecular weight excluding hydrogens is 264 g/mol. The van der Waals surface area contributed by atoms with E-state index in [1.54, 1.807) is 13.3 Å². The predicted molar refractivity (Wildman–Crippen MR) is 82.2 cm³/mol. The molecule has 2 aromatic heterocycles. The van der Waals surface area contributed by atoms with Crippen LogP contribution in [-0.4, -0.2) is 27.6 Å². The Morgan fingerprint density at radius 3 is 2.19 bits per heavy atom. The Labute approximate surface area is 125 Å². The largest absolute Gasteiger partial charge is 0.481 e. The maximum Gasteiger partial charge on any atom is 0.212 e. The molecule has 0 aliphatic carbocycles. The van der Waals surface area contributed by atoms with Gasteiger partial charge in [-0.15, -0.1) is 0 Å². The molecule has 21 heavy (non-hydrogen) atoms. The van der Waals surface area contributed by atoms with Crippen molar-refractivity contribution in [2.75, 3.05) is 7.11 Å². The van der Waals surface area contributed by atoms with Gasteiger partial charge < -0.3 is 10.1 Å². The molecule has 5 nitrogen and oxygen atoms in total. The highest BCUT2D eigenvalue weighted by Gasteiger charge is 2.08. The summed E-state index contributed by atoms with van der Waals surface area (Å²) in [4.78, 5) is 13.0. The Morgan fingerprint density at radius 2 is 1.67 bits per heavy atom. The highest BCUT2D eigenvalue weighted by molar-refractivity contribution is 5.21. The second kappa shape index (κ2) is 6.63. The van der Waals surface area contributed by atoms with Gasteiger partial charge in [-0.05, 0) is 26.3 Å². The zero-order valence-electron chi connectivity index (χ0n) is 13.1. The van der Waals surface area contributed by atoms with Crippen LogP contribution in [0.2, 0.25) is 0 Å². The van der Waals surface area contributed by atoms with Gasteiger partial charge in [-0.3, -0.25) is 0 Å². The van der Waals surface area contributed by atoms with E-state index in [1.165, 1.54) is 0 Å². The van der Waals surface area contributed by atoms with Gasteiger partial charge in [-0.1, -0.05) is 6.07 Å². The minimum Gasteiger partial charge on any atom is -0.481 e. The molecule has 0 atom stereocenters. The summed E-state index contributed by atoms with van der Waals surface area (Å²) in [6, 6.07) is 3.82. The van der Waals surface area contributed by atoms with Gasteiger partial charge in [0.1, 0.15) is 5.82 Å². The van der Waals surface area contributed by atoms with Crippen molar-refractivity contribution >= 4 is 0 Å². The smallest absolute Gasteiger partial charge is 0.212 e. The standard InChI is InChI=1S/C16H22N4O/c1-16(2,3)20-11-13-9-17-14(18-10-13)7-12-5-6-15(21-4)19-8-12/h5-6,8-10,20H,7,11H2,1-4H3. The van der Waals surface area contributed by atoms with Crippen molar-refractivity contribution in [1.29, 1.82) is 0 Å². The molecule has 0 amide bonds. The molecule has 5 heteroatoms. The fraction of sp³-hybridized carbons (Fsp3) is 0.438. The van der Waals surface area contributed by atoms with E-state index in [9.17, 15) is 0 Å². The molecule has 0 saturated carbocycles. The number of hydrogen-bond donors (Lipinski definition) is 1. The molecular formula is C16H22N4O. The summed E-state index contributed by atoms with van der Waals surface area (Å²) in [6.45, 7) is 7.19. The second-order valence-electron chi connectivity index (χ2n) is 6.00. The number of methoxy groups -OCH3 is 1. The summed E-state index contributed by atoms with van der Waals surface area (Å²) in [5.41, 5.74) is 2.24. The summed E-state index contributed by atoms with van der Waals surface area (Å²) < 4.78 is 5.04. The number of hydrogen-bond acceptors (Lipinski definition) is 5. The normalized spacial score (nSPS) is 11.4. The van der Waals surface area contributed by atoms with Crippen molar-refractivity contribution in [3.05, 3.63) is 47.7 Å². The van der Waals surface area contributed by atoms with E-state index in [4.69, 9.17) is 4.74 Å². The molecule has 2 rings (SSSR count). The van der Waals surface area contributed by atoms with Crippen LogP contribution in [0.15, 0.2) is 30.7 Å². The zero-order valence-corrected chi connectivity index (χ0v) is 13.1. The molecule has 0 aliphatic heterocycles. The third-order valence-electron chi connectivity index (χ3n) is 2.95. The Bertz CT molecular complexity index is 558. The first-order valence-electron chi connectivity index (χ1n) is 7.00. The third kappa shape index (κ3) is 5.11. The highest BCUT2D eigenvalue weighted by atomic mass is 16.5. The molecule has 0 unspecified atom stereocenters. The summed E-state index contributed by atoms with van der Waals surface area (Å²) in [6.07, 6.45) is 6.21. The topological polar surface area (TPSA) is 59.9 Å². The predicted octanol–water partition coefficient (Wildman–Crippen LogP) is 2.36. The lowest BCUT2D eigenvalue weighted by Gasteiger charge is -2.20. The maximum atomic E-state index is 5.04. The van der Waals surface area contributed by atoms with Gasteiger partial charge in [0.05, 0.1) is 7.11 Å². The first-order chi connectivity index (χ1) is 9.96. The van der Waals surface area contributed by atoms with Crippen molar-refractivity contribution in [3.63, 3.8) is 0 Å². The molecule has 0 spiro atoms. The van der Waals surface area contributed by atoms with Crippen molar-refractivity contribution in [2.45, 2.75) is 39.3 Å². The van der Waals surface area contributed by atoms with Gasteiger partial charge in [0.2, 0.25) is 5.88 Å². The van der Waals surface area contributed by atoms with Gasteiger partial charge in [-0.2, -0.15) is 0 Å². The number of rotatable bonds is 5. The van der Waals surface area contributed by atoms with Gasteiger partial charge in [0.25, 0.3) is 0 Å². The number of aromatic nitrogens is 3. The quantitative estimate of drug-likeness (QED) is 0.914. The molecule has 0 aliphatic rings. The summed E-state index contributed by atoms with van der Waals surface area (Å²) >= 11 is 0. The maximum absolute atomic E-state index is 5.04. The monoisotopic (exact) mass is 286 g/mol. The molecule has 1 N–H and O–H groups in total. The molecule has 0 bridgehead atoms. The van der Waals surface area contributed by atoms with Crippen molar-refractivity contribution in [1.82, 2.24) is 20.3 Å². The lowest BCUT2D eigenvalue weighted by molar-refractivity contribution is 0.397. The molecule has 0 fully saturated rings. The second-order valence-corrected chi connectivity index (χ2v) is 6.00. The Balaban J connectivity index is 1.95. The first kappa shape index (κ1) is 15.4. The van der Waals surface area contributed by atoms with E-state index < -0.39 is 0 Å². The van der Waals surface area contributed by atoms with Crippen LogP contribution in [0.3, 0.4) is 0 Å². The van der Waals surface area contributed by atoms with Crippen LogP contribution >= 0.6 is 0 Å². The first-order valence-corrected chi connectivity index (χ1v) is 7.00. The van der Waals surface area contributed by atoms with E-state index in [-0.39, 0.29) is 5.54 Å². The molecule has 2 heterocycles. The van der Waals surface area contributed by atoms with E-state index in [0.29, 0.717) is 12.3 Å². The van der Waals surface area contributed by atoms with Crippen LogP contribution in [0, 0.1) is 0 Å². The Morgan fingerprint density at radius 1 is 1.00 bits per heavy atom. The van der Waals surface area contributed by atoms with E-state index in [1.807, 2.05) is 24.5 Å². The molecule has 0 saturated heterocycles. The fourth-order valence-corrected chi connectivity index (χ4v) is 1.75. The minimum absolute atomic E-state index is 0.0907. The number of pyridine rings is 1. The molecule has 0 radical (unpaired) electrons. The van der Waals surface area contributed by atoms with E-state index in [0.717, 1.165) is 23.5 Å². The Hall–Kier alpha value is -2.01. The zero-order chi connectivity index (χ0) is 15.3. The molecule has 0 aromatic carbocycles. The van der Waals surface area contributed by atoms with E-state index in [2.05, 4.69) is 41.0 Å². The highest BCUT2D eigenvalue weighted by Crippen LogP contribution is 2.10. The summed E-state index contributed by atoms with van der Waals surface area (Å²) in [5.74, 6) is 1.41. The van der Waals surface area contributed by atoms with Gasteiger partial charge in [0.15, 0.2) is 0 Å². The molecule has 112 valence electrons. The van der Waals surface area contributed by atoms with Gasteiger partial charge in [-0.25, -0.2) is 15.0 Å². The van der Waals surface area contributed by atoms with Gasteiger partial charge in [0, 0.05) is 48.7 Å². The van der Waals surface area contributed by atoms with Crippen molar-refractivity contribution < 1.29 is 4.74 Å². The average Bonchev–Trinajstić information content (AvgIpc) is 2.46. The van der Waals surface area contributed by atoms with Crippen LogP contribution in [0.5, 0.6) is 5.88 Å². The lowest BCUT2D eigenvalue weighted by atomic mass is 10.1. The van der Waals surface area contributed by atoms with Crippen LogP contribution in [-0.2, 0) is 13.0 Å². The number of nitrogens with zero attached hydrogens (tertiary/aromatic N) is 3. The van der Waals surface area contributed by atoms with Crippen LogP contribution in [0.1, 0.15) is 37.7 Å². The number of ether oxygens (including phenoxy) is 1. The lowest BCUT2D eigenvalue weighted by Crippen LogP contribution is -2.35. The van der Waals surface area contributed by atoms with Crippen molar-refractivity contribution in [3.8, 4) is 5.88 Å². The number of nitrogens with one attached hydrogen (secondary N) is 1. The van der Waals surface area contributed by atoms with Crippen molar-refractivity contribution in [2.24, 2.45) is 0 Å². The van der Waals surface area contributed by atoms with E-state index >= 15 is 0 Å². The SMILES string of the molecule is COc1ccc(Cc2ncc(CNC(C)(C)C)cn2)cn1. The minimum atomic E-state index is 0.0907. The summed E-state index contributed by atoms with van der Waals surface area (Å²) in [5, 5.41) is 3.42. The van der Waals surface area contributed by atoms with Gasteiger partial charge >= 0.3 is 0 Å². The molecule has 2 aromatic rings. The summed E-state index contributed by atoms with van der Waals surface area (Å²) in [7, 11) is 1.61. The van der Waals surface area contributed by atoms with Crippen LogP contribution < -0.4 is 10.1 Å².